The van der Waals surface area contributed by atoms with Crippen LogP contribution in [0.1, 0.15) is 20.3 Å². The van der Waals surface area contributed by atoms with E-state index >= 15 is 0 Å². The third-order valence-corrected chi connectivity index (χ3v) is 2.71. The quantitative estimate of drug-likeness (QED) is 0.490. The molecule has 0 aliphatic heterocycles. The molecule has 0 saturated carbocycles. The zero-order chi connectivity index (χ0) is 9.14. The van der Waals surface area contributed by atoms with Crippen LogP contribution in [0.5, 0.6) is 0 Å². The van der Waals surface area contributed by atoms with Crippen molar-refractivity contribution in [3.63, 3.8) is 0 Å². The molecular weight excluding hydrogens is 191 g/mol. The van der Waals surface area contributed by atoms with Crippen LogP contribution in [0.25, 0.3) is 0 Å². The van der Waals surface area contributed by atoms with Gasteiger partial charge >= 0.3 is 82.5 Å². The Bertz CT molecular complexity index is 233. The van der Waals surface area contributed by atoms with Crippen LogP contribution in [0.2, 0.25) is 4.89 Å². The Balaban J connectivity index is 2.88. The van der Waals surface area contributed by atoms with Crippen molar-refractivity contribution in [3.8, 4) is 0 Å². The van der Waals surface area contributed by atoms with Gasteiger partial charge in [0, 0.05) is 0 Å². The molecule has 1 unspecified atom stereocenters. The van der Waals surface area contributed by atoms with Crippen molar-refractivity contribution in [2.75, 3.05) is 0 Å². The third-order valence-electron chi connectivity index (χ3n) is 2.13. The normalized spacial score (nSPS) is 19.1. The predicted molar refractivity (Wildman–Crippen MR) is 49.6 cm³/mol. The number of hydrogen-bond acceptors (Lipinski definition) is 0. The van der Waals surface area contributed by atoms with Crippen LogP contribution in [0.4, 0.5) is 0 Å². The molecule has 1 rings (SSSR count). The van der Waals surface area contributed by atoms with Crippen LogP contribution in [-0.4, -0.2) is 0 Å². The van der Waals surface area contributed by atoms with Gasteiger partial charge in [0.25, 0.3) is 0 Å². The Hall–Kier alpha value is -0.286. The van der Waals surface area contributed by atoms with Gasteiger partial charge in [-0.15, -0.1) is 0 Å². The minimum atomic E-state index is 0.164. The van der Waals surface area contributed by atoms with Crippen LogP contribution in [0.3, 0.4) is 0 Å². The van der Waals surface area contributed by atoms with Gasteiger partial charge in [-0.3, -0.25) is 0 Å². The van der Waals surface area contributed by atoms with Gasteiger partial charge in [0.15, 0.2) is 0 Å². The average molecular weight is 206 g/mol. The Kier molecular flexibility index (Phi) is 3.34. The number of hydrogen-bond donors (Lipinski definition) is 0. The molecule has 0 bridgehead atoms. The standard InChI is InChI=1S/C11H15.Ni/c1-4-6-10-7-5-8-11(10)9(2)3;/h4-6,8-9H,1,7H2,2-3H3;. The van der Waals surface area contributed by atoms with Crippen LogP contribution < -0.4 is 0 Å². The third kappa shape index (κ3) is 1.90. The fourth-order valence-electron chi connectivity index (χ4n) is 1.50. The van der Waals surface area contributed by atoms with Gasteiger partial charge in [-0.1, -0.05) is 0 Å². The first-order valence-electron chi connectivity index (χ1n) is 4.29. The second-order valence-electron chi connectivity index (χ2n) is 3.34. The molecule has 12 heavy (non-hydrogen) atoms. The van der Waals surface area contributed by atoms with Crippen molar-refractivity contribution in [2.45, 2.75) is 25.2 Å². The maximum absolute atomic E-state index is 4.97. The van der Waals surface area contributed by atoms with Gasteiger partial charge in [0.2, 0.25) is 0 Å². The topological polar surface area (TPSA) is 0 Å². The number of rotatable bonds is 3. The Morgan fingerprint density at radius 1 is 1.58 bits per heavy atom. The van der Waals surface area contributed by atoms with Crippen molar-refractivity contribution in [1.29, 1.82) is 0 Å². The van der Waals surface area contributed by atoms with E-state index in [-0.39, 0.29) is 4.89 Å². The summed E-state index contributed by atoms with van der Waals surface area (Å²) < 4.78 is 0. The summed E-state index contributed by atoms with van der Waals surface area (Å²) in [4.78, 5) is 0.164. The second kappa shape index (κ2) is 4.09. The first-order chi connectivity index (χ1) is 5.66. The van der Waals surface area contributed by atoms with Gasteiger partial charge < -0.3 is 0 Å². The Labute approximate surface area is 82.8 Å². The second-order valence-corrected chi connectivity index (χ2v) is 3.96. The van der Waals surface area contributed by atoms with E-state index in [1.165, 1.54) is 11.1 Å². The summed E-state index contributed by atoms with van der Waals surface area (Å²) in [5, 5.41) is 0. The molecule has 0 spiro atoms. The van der Waals surface area contributed by atoms with Crippen LogP contribution in [-0.2, 0) is 15.5 Å². The molecule has 0 radical (unpaired) electrons. The summed E-state index contributed by atoms with van der Waals surface area (Å²) in [6.07, 6.45) is 7.30. The van der Waals surface area contributed by atoms with E-state index < -0.39 is 0 Å². The van der Waals surface area contributed by atoms with E-state index in [0.29, 0.717) is 5.92 Å². The molecule has 0 aromatic rings. The summed E-state index contributed by atoms with van der Waals surface area (Å²) in [6.45, 7) is 8.16. The molecule has 0 saturated heterocycles. The predicted octanol–water partition coefficient (Wildman–Crippen LogP) is 3.42. The monoisotopic (exact) mass is 205 g/mol. The van der Waals surface area contributed by atoms with Gasteiger partial charge in [0.05, 0.1) is 0 Å². The molecule has 1 aliphatic carbocycles. The van der Waals surface area contributed by atoms with Crippen molar-refractivity contribution in [3.05, 3.63) is 36.0 Å². The van der Waals surface area contributed by atoms with E-state index in [2.05, 4.69) is 32.6 Å². The van der Waals surface area contributed by atoms with E-state index in [1.54, 1.807) is 0 Å². The van der Waals surface area contributed by atoms with Gasteiger partial charge in [-0.2, -0.15) is 0 Å². The molecular formula is C11H15Ni. The fraction of sp³-hybridized carbons (Fsp3) is 0.455. The molecule has 1 aliphatic rings. The maximum atomic E-state index is 4.97. The van der Waals surface area contributed by atoms with E-state index in [0.717, 1.165) is 6.42 Å². The van der Waals surface area contributed by atoms with Crippen molar-refractivity contribution in [2.24, 2.45) is 5.92 Å². The fourth-order valence-corrected chi connectivity index (χ4v) is 1.78. The van der Waals surface area contributed by atoms with Gasteiger partial charge in [-0.25, -0.2) is 0 Å². The van der Waals surface area contributed by atoms with E-state index in [9.17, 15) is 0 Å². The average Bonchev–Trinajstić information content (AvgIpc) is 2.50. The molecule has 0 aromatic heterocycles. The molecule has 0 heterocycles. The van der Waals surface area contributed by atoms with Crippen LogP contribution in [0, 0.1) is 5.92 Å². The molecule has 0 N–H and O–H groups in total. The van der Waals surface area contributed by atoms with Crippen LogP contribution >= 0.6 is 0 Å². The molecule has 69 valence electrons. The van der Waals surface area contributed by atoms with E-state index in [1.807, 2.05) is 6.08 Å². The summed E-state index contributed by atoms with van der Waals surface area (Å²) in [5.41, 5.74) is 2.81. The van der Waals surface area contributed by atoms with Crippen LogP contribution in [0.15, 0.2) is 36.0 Å². The zero-order valence-electron chi connectivity index (χ0n) is 7.62. The summed E-state index contributed by atoms with van der Waals surface area (Å²) in [7, 11) is 0. The summed E-state index contributed by atoms with van der Waals surface area (Å²) in [5.74, 6) is 0.594. The van der Waals surface area contributed by atoms with Crippen molar-refractivity contribution in [1.82, 2.24) is 0 Å². The van der Waals surface area contributed by atoms with Gasteiger partial charge in [-0.05, 0) is 0 Å². The van der Waals surface area contributed by atoms with Crippen molar-refractivity contribution >= 4 is 0 Å². The molecule has 0 nitrogen and oxygen atoms in total. The first kappa shape index (κ1) is 9.80. The molecule has 0 amide bonds. The molecule has 1 atom stereocenters. The molecule has 0 fully saturated rings. The van der Waals surface area contributed by atoms with E-state index in [4.69, 9.17) is 15.5 Å². The summed E-state index contributed by atoms with van der Waals surface area (Å²) in [6, 6.07) is 0. The number of allylic oxidation sites excluding steroid dienone is 5. The Morgan fingerprint density at radius 2 is 2.25 bits per heavy atom. The van der Waals surface area contributed by atoms with Crippen molar-refractivity contribution < 1.29 is 15.5 Å². The SMILES string of the molecule is C=C[CH]([Ni])C1=C(C(C)C)C=CC1. The summed E-state index contributed by atoms with van der Waals surface area (Å²) >= 11 is 4.97. The molecule has 1 heteroatoms. The zero-order valence-corrected chi connectivity index (χ0v) is 8.60. The first-order valence-corrected chi connectivity index (χ1v) is 4.86. The van der Waals surface area contributed by atoms with Gasteiger partial charge in [0.1, 0.15) is 0 Å². The minimum absolute atomic E-state index is 0.164. The molecule has 0 aromatic carbocycles. The Morgan fingerprint density at radius 3 is 2.75 bits per heavy atom.